The maximum Gasteiger partial charge on any atom is 0.243 e. The number of rotatable bonds is 6. The van der Waals surface area contributed by atoms with E-state index >= 15 is 0 Å². The second-order valence-electron chi connectivity index (χ2n) is 5.46. The Balaban J connectivity index is 2.25. The summed E-state index contributed by atoms with van der Waals surface area (Å²) in [7, 11) is -3.41. The van der Waals surface area contributed by atoms with Crippen LogP contribution in [0.2, 0.25) is 0 Å². The fourth-order valence-electron chi connectivity index (χ4n) is 2.52. The van der Waals surface area contributed by atoms with Crippen molar-refractivity contribution >= 4 is 10.0 Å². The fourth-order valence-corrected chi connectivity index (χ4v) is 4.24. The topological polar surface area (TPSA) is 49.4 Å². The van der Waals surface area contributed by atoms with Gasteiger partial charge in [-0.25, -0.2) is 8.42 Å². The Morgan fingerprint density at radius 2 is 2.05 bits per heavy atom. The normalized spacial score (nSPS) is 16.8. The van der Waals surface area contributed by atoms with Crippen molar-refractivity contribution in [1.82, 2.24) is 9.62 Å². The Morgan fingerprint density at radius 3 is 2.76 bits per heavy atom. The van der Waals surface area contributed by atoms with E-state index in [1.807, 2.05) is 19.1 Å². The van der Waals surface area contributed by atoms with Crippen molar-refractivity contribution in [3.05, 3.63) is 41.5 Å². The molecule has 0 aliphatic carbocycles. The molecule has 0 amide bonds. The molecule has 0 bridgehead atoms. The molecule has 4 nitrogen and oxygen atoms in total. The summed E-state index contributed by atoms with van der Waals surface area (Å²) in [5.74, 6) is 0. The molecule has 116 valence electrons. The SMILES string of the molecule is CCCNCc1ccccc1S(=O)(=O)N1CCC=C(C)C1. The molecule has 1 N–H and O–H groups in total. The first-order valence-electron chi connectivity index (χ1n) is 7.50. The summed E-state index contributed by atoms with van der Waals surface area (Å²) in [5.41, 5.74) is 1.96. The van der Waals surface area contributed by atoms with Gasteiger partial charge in [-0.1, -0.05) is 36.8 Å². The van der Waals surface area contributed by atoms with Crippen LogP contribution in [-0.4, -0.2) is 32.4 Å². The molecule has 1 aliphatic heterocycles. The predicted octanol–water partition coefficient (Wildman–Crippen LogP) is 2.53. The molecule has 0 saturated carbocycles. The van der Waals surface area contributed by atoms with E-state index in [0.29, 0.717) is 24.5 Å². The van der Waals surface area contributed by atoms with Gasteiger partial charge in [0.05, 0.1) is 4.90 Å². The summed E-state index contributed by atoms with van der Waals surface area (Å²) in [6, 6.07) is 7.29. The molecular weight excluding hydrogens is 284 g/mol. The second kappa shape index (κ2) is 7.20. The van der Waals surface area contributed by atoms with Crippen molar-refractivity contribution < 1.29 is 8.42 Å². The Morgan fingerprint density at radius 1 is 1.29 bits per heavy atom. The van der Waals surface area contributed by atoms with Gasteiger partial charge in [-0.15, -0.1) is 0 Å². The van der Waals surface area contributed by atoms with E-state index in [1.54, 1.807) is 16.4 Å². The summed E-state index contributed by atoms with van der Waals surface area (Å²) < 4.78 is 27.3. The van der Waals surface area contributed by atoms with E-state index in [9.17, 15) is 8.42 Å². The highest BCUT2D eigenvalue weighted by Gasteiger charge is 2.27. The van der Waals surface area contributed by atoms with E-state index in [2.05, 4.69) is 18.3 Å². The summed E-state index contributed by atoms with van der Waals surface area (Å²) in [5, 5.41) is 3.28. The third-order valence-corrected chi connectivity index (χ3v) is 5.58. The molecule has 21 heavy (non-hydrogen) atoms. The number of nitrogens with zero attached hydrogens (tertiary/aromatic N) is 1. The third-order valence-electron chi connectivity index (χ3n) is 3.63. The van der Waals surface area contributed by atoms with Crippen LogP contribution in [0.4, 0.5) is 0 Å². The Kier molecular flexibility index (Phi) is 5.56. The Hall–Kier alpha value is -1.17. The lowest BCUT2D eigenvalue weighted by Gasteiger charge is -2.26. The molecule has 0 aromatic heterocycles. The number of sulfonamides is 1. The molecule has 0 radical (unpaired) electrons. The molecule has 0 spiro atoms. The van der Waals surface area contributed by atoms with Gasteiger partial charge in [0.15, 0.2) is 0 Å². The molecule has 1 aromatic rings. The lowest BCUT2D eigenvalue weighted by atomic mass is 10.2. The van der Waals surface area contributed by atoms with E-state index in [4.69, 9.17) is 0 Å². The lowest BCUT2D eigenvalue weighted by Crippen LogP contribution is -2.36. The highest BCUT2D eigenvalue weighted by molar-refractivity contribution is 7.89. The number of nitrogens with one attached hydrogen (secondary N) is 1. The summed E-state index contributed by atoms with van der Waals surface area (Å²) in [6.45, 7) is 6.62. The highest BCUT2D eigenvalue weighted by atomic mass is 32.2. The van der Waals surface area contributed by atoms with E-state index in [-0.39, 0.29) is 0 Å². The van der Waals surface area contributed by atoms with Gasteiger partial charge in [0, 0.05) is 19.6 Å². The fraction of sp³-hybridized carbons (Fsp3) is 0.500. The minimum absolute atomic E-state index is 0.434. The van der Waals surface area contributed by atoms with Crippen LogP contribution in [0.5, 0.6) is 0 Å². The third kappa shape index (κ3) is 3.93. The van der Waals surface area contributed by atoms with Crippen LogP contribution in [-0.2, 0) is 16.6 Å². The average molecular weight is 308 g/mol. The maximum atomic E-state index is 12.9. The molecule has 0 unspecified atom stereocenters. The summed E-state index contributed by atoms with van der Waals surface area (Å²) >= 11 is 0. The predicted molar refractivity (Wildman–Crippen MR) is 85.6 cm³/mol. The summed E-state index contributed by atoms with van der Waals surface area (Å²) in [6.07, 6.45) is 3.94. The molecule has 0 atom stereocenters. The summed E-state index contributed by atoms with van der Waals surface area (Å²) in [4.78, 5) is 0.434. The van der Waals surface area contributed by atoms with Crippen molar-refractivity contribution in [2.45, 2.75) is 38.1 Å². The van der Waals surface area contributed by atoms with Crippen LogP contribution < -0.4 is 5.32 Å². The van der Waals surface area contributed by atoms with E-state index in [1.165, 1.54) is 0 Å². The molecule has 1 heterocycles. The van der Waals surface area contributed by atoms with Gasteiger partial charge in [-0.05, 0) is 37.9 Å². The van der Waals surface area contributed by atoms with Crippen LogP contribution in [0, 0.1) is 0 Å². The van der Waals surface area contributed by atoms with Gasteiger partial charge >= 0.3 is 0 Å². The quantitative estimate of drug-likeness (QED) is 0.649. The minimum Gasteiger partial charge on any atom is -0.313 e. The molecule has 5 heteroatoms. The Labute approximate surface area is 127 Å². The number of hydrogen-bond donors (Lipinski definition) is 1. The Bertz CT molecular complexity index is 608. The van der Waals surface area contributed by atoms with Gasteiger partial charge in [-0.3, -0.25) is 0 Å². The smallest absolute Gasteiger partial charge is 0.243 e. The van der Waals surface area contributed by atoms with Crippen LogP contribution >= 0.6 is 0 Å². The van der Waals surface area contributed by atoms with Crippen molar-refractivity contribution in [1.29, 1.82) is 0 Å². The van der Waals surface area contributed by atoms with Crippen molar-refractivity contribution in [3.63, 3.8) is 0 Å². The first-order chi connectivity index (χ1) is 10.1. The van der Waals surface area contributed by atoms with Gasteiger partial charge < -0.3 is 5.32 Å². The maximum absolute atomic E-state index is 12.9. The zero-order valence-corrected chi connectivity index (χ0v) is 13.6. The lowest BCUT2D eigenvalue weighted by molar-refractivity contribution is 0.427. The van der Waals surface area contributed by atoms with Crippen molar-refractivity contribution in [2.24, 2.45) is 0 Å². The van der Waals surface area contributed by atoms with Crippen LogP contribution in [0.15, 0.2) is 40.8 Å². The largest absolute Gasteiger partial charge is 0.313 e. The molecule has 1 aliphatic rings. The molecule has 2 rings (SSSR count). The van der Waals surface area contributed by atoms with Gasteiger partial charge in [-0.2, -0.15) is 4.31 Å². The number of hydrogen-bond acceptors (Lipinski definition) is 3. The average Bonchev–Trinajstić information content (AvgIpc) is 2.48. The molecule has 0 fully saturated rings. The minimum atomic E-state index is -3.41. The monoisotopic (exact) mass is 308 g/mol. The molecule has 1 aromatic carbocycles. The van der Waals surface area contributed by atoms with Crippen molar-refractivity contribution in [3.8, 4) is 0 Å². The van der Waals surface area contributed by atoms with Crippen LogP contribution in [0.25, 0.3) is 0 Å². The number of benzene rings is 1. The van der Waals surface area contributed by atoms with E-state index in [0.717, 1.165) is 30.5 Å². The van der Waals surface area contributed by atoms with Gasteiger partial charge in [0.1, 0.15) is 0 Å². The first kappa shape index (κ1) is 16.2. The highest BCUT2D eigenvalue weighted by Crippen LogP contribution is 2.23. The zero-order valence-electron chi connectivity index (χ0n) is 12.8. The van der Waals surface area contributed by atoms with E-state index < -0.39 is 10.0 Å². The second-order valence-corrected chi connectivity index (χ2v) is 7.37. The molecule has 0 saturated heterocycles. The van der Waals surface area contributed by atoms with Crippen LogP contribution in [0.3, 0.4) is 0 Å². The standard InChI is InChI=1S/C16H24N2O2S/c1-3-10-17-12-15-8-4-5-9-16(15)21(19,20)18-11-6-7-14(2)13-18/h4-5,7-9,17H,3,6,10-13H2,1-2H3. The zero-order chi connectivity index (χ0) is 15.3. The first-order valence-corrected chi connectivity index (χ1v) is 8.94. The van der Waals surface area contributed by atoms with Crippen molar-refractivity contribution in [2.75, 3.05) is 19.6 Å². The van der Waals surface area contributed by atoms with Gasteiger partial charge in [0.25, 0.3) is 0 Å². The van der Waals surface area contributed by atoms with Gasteiger partial charge in [0.2, 0.25) is 10.0 Å². The van der Waals surface area contributed by atoms with Crippen LogP contribution in [0.1, 0.15) is 32.3 Å². The molecular formula is C16H24N2O2S.